The summed E-state index contributed by atoms with van der Waals surface area (Å²) in [5.41, 5.74) is 0. The van der Waals surface area contributed by atoms with Crippen LogP contribution in [0.2, 0.25) is 0 Å². The Balaban J connectivity index is 2.68. The van der Waals surface area contributed by atoms with Gasteiger partial charge in [0.2, 0.25) is 5.88 Å². The van der Waals surface area contributed by atoms with E-state index in [1.165, 1.54) is 0 Å². The van der Waals surface area contributed by atoms with Gasteiger partial charge in [0.15, 0.2) is 5.82 Å². The molecule has 0 fully saturated rings. The Hall–Kier alpha value is -1.36. The van der Waals surface area contributed by atoms with Crippen molar-refractivity contribution < 1.29 is 9.47 Å². The molecule has 1 rings (SSSR count). The van der Waals surface area contributed by atoms with Gasteiger partial charge in [0.25, 0.3) is 0 Å². The molecular formula is C14H25N3O2. The Morgan fingerprint density at radius 2 is 2.05 bits per heavy atom. The summed E-state index contributed by atoms with van der Waals surface area (Å²) in [6, 6.07) is 1.83. The smallest absolute Gasteiger partial charge is 0.218 e. The third-order valence-corrected chi connectivity index (χ3v) is 2.49. The topological polar surface area (TPSA) is 56.3 Å². The molecule has 1 N–H and O–H groups in total. The number of rotatable bonds is 9. The lowest BCUT2D eigenvalue weighted by Gasteiger charge is -2.11. The molecule has 0 aliphatic heterocycles. The summed E-state index contributed by atoms with van der Waals surface area (Å²) in [6.45, 7) is 10.9. The van der Waals surface area contributed by atoms with E-state index in [1.807, 2.05) is 19.9 Å². The van der Waals surface area contributed by atoms with Crippen LogP contribution in [0.4, 0.5) is 5.82 Å². The van der Waals surface area contributed by atoms with E-state index in [-0.39, 0.29) is 0 Å². The summed E-state index contributed by atoms with van der Waals surface area (Å²) in [6.07, 6.45) is 1.02. The lowest BCUT2D eigenvalue weighted by atomic mass is 10.1. The molecule has 0 bridgehead atoms. The average Bonchev–Trinajstić information content (AvgIpc) is 2.36. The zero-order valence-corrected chi connectivity index (χ0v) is 12.4. The number of hydrogen-bond acceptors (Lipinski definition) is 5. The SMILES string of the molecule is CCNc1cc(OCCC(C)C)nc(COCC)n1. The second kappa shape index (κ2) is 8.69. The van der Waals surface area contributed by atoms with Crippen LogP contribution in [0.15, 0.2) is 6.07 Å². The Morgan fingerprint density at radius 3 is 2.68 bits per heavy atom. The monoisotopic (exact) mass is 267 g/mol. The molecular weight excluding hydrogens is 242 g/mol. The predicted octanol–water partition coefficient (Wildman–Crippen LogP) is 2.87. The number of nitrogens with one attached hydrogen (secondary N) is 1. The summed E-state index contributed by atoms with van der Waals surface area (Å²) in [5.74, 6) is 2.67. The van der Waals surface area contributed by atoms with Gasteiger partial charge in [-0.05, 0) is 26.2 Å². The van der Waals surface area contributed by atoms with Crippen molar-refractivity contribution in [3.05, 3.63) is 11.9 Å². The van der Waals surface area contributed by atoms with Gasteiger partial charge in [-0.1, -0.05) is 13.8 Å². The Bertz CT molecular complexity index is 370. The van der Waals surface area contributed by atoms with Crippen LogP contribution in [0.5, 0.6) is 5.88 Å². The average molecular weight is 267 g/mol. The molecule has 0 saturated carbocycles. The highest BCUT2D eigenvalue weighted by atomic mass is 16.5. The fourth-order valence-corrected chi connectivity index (χ4v) is 1.48. The molecule has 19 heavy (non-hydrogen) atoms. The van der Waals surface area contributed by atoms with E-state index < -0.39 is 0 Å². The minimum Gasteiger partial charge on any atom is -0.478 e. The first kappa shape index (κ1) is 15.7. The van der Waals surface area contributed by atoms with Gasteiger partial charge < -0.3 is 14.8 Å². The highest BCUT2D eigenvalue weighted by Crippen LogP contribution is 2.15. The minimum atomic E-state index is 0.413. The molecule has 5 heteroatoms. The van der Waals surface area contributed by atoms with E-state index in [2.05, 4.69) is 29.1 Å². The molecule has 0 unspecified atom stereocenters. The number of ether oxygens (including phenoxy) is 2. The number of nitrogens with zero attached hydrogens (tertiary/aromatic N) is 2. The minimum absolute atomic E-state index is 0.413. The quantitative estimate of drug-likeness (QED) is 0.745. The van der Waals surface area contributed by atoms with E-state index in [9.17, 15) is 0 Å². The molecule has 0 aromatic carbocycles. The van der Waals surface area contributed by atoms with Crippen LogP contribution in [0.1, 0.15) is 39.9 Å². The summed E-state index contributed by atoms with van der Waals surface area (Å²) in [7, 11) is 0. The van der Waals surface area contributed by atoms with Crippen LogP contribution in [-0.2, 0) is 11.3 Å². The highest BCUT2D eigenvalue weighted by Gasteiger charge is 2.06. The fraction of sp³-hybridized carbons (Fsp3) is 0.714. The lowest BCUT2D eigenvalue weighted by Crippen LogP contribution is -2.08. The summed E-state index contributed by atoms with van der Waals surface area (Å²) in [5, 5.41) is 3.18. The zero-order chi connectivity index (χ0) is 14.1. The number of hydrogen-bond donors (Lipinski definition) is 1. The highest BCUT2D eigenvalue weighted by molar-refractivity contribution is 5.38. The van der Waals surface area contributed by atoms with Crippen molar-refractivity contribution >= 4 is 5.82 Å². The van der Waals surface area contributed by atoms with Gasteiger partial charge in [0, 0.05) is 19.2 Å². The van der Waals surface area contributed by atoms with Gasteiger partial charge in [0.1, 0.15) is 12.4 Å². The second-order valence-electron chi connectivity index (χ2n) is 4.71. The van der Waals surface area contributed by atoms with Crippen LogP contribution >= 0.6 is 0 Å². The third kappa shape index (κ3) is 6.38. The zero-order valence-electron chi connectivity index (χ0n) is 12.4. The largest absolute Gasteiger partial charge is 0.478 e. The van der Waals surface area contributed by atoms with Crippen molar-refractivity contribution in [3.63, 3.8) is 0 Å². The molecule has 0 aliphatic carbocycles. The van der Waals surface area contributed by atoms with E-state index in [0.717, 1.165) is 18.8 Å². The molecule has 0 radical (unpaired) electrons. The molecule has 0 spiro atoms. The molecule has 0 amide bonds. The van der Waals surface area contributed by atoms with Crippen molar-refractivity contribution in [3.8, 4) is 5.88 Å². The van der Waals surface area contributed by atoms with Crippen molar-refractivity contribution in [2.45, 2.75) is 40.7 Å². The van der Waals surface area contributed by atoms with Crippen molar-refractivity contribution in [2.24, 2.45) is 5.92 Å². The van der Waals surface area contributed by atoms with Crippen molar-refractivity contribution in [2.75, 3.05) is 25.1 Å². The van der Waals surface area contributed by atoms with Gasteiger partial charge in [-0.2, -0.15) is 4.98 Å². The van der Waals surface area contributed by atoms with Gasteiger partial charge >= 0.3 is 0 Å². The summed E-state index contributed by atoms with van der Waals surface area (Å²) in [4.78, 5) is 8.73. The Morgan fingerprint density at radius 1 is 1.26 bits per heavy atom. The maximum absolute atomic E-state index is 5.68. The molecule has 108 valence electrons. The fourth-order valence-electron chi connectivity index (χ4n) is 1.48. The predicted molar refractivity (Wildman–Crippen MR) is 76.5 cm³/mol. The van der Waals surface area contributed by atoms with E-state index in [0.29, 0.717) is 37.4 Å². The molecule has 0 saturated heterocycles. The molecule has 0 atom stereocenters. The first-order valence-corrected chi connectivity index (χ1v) is 6.98. The Kier molecular flexibility index (Phi) is 7.18. The van der Waals surface area contributed by atoms with E-state index in [4.69, 9.17) is 9.47 Å². The summed E-state index contributed by atoms with van der Waals surface area (Å²) < 4.78 is 11.0. The van der Waals surface area contributed by atoms with E-state index in [1.54, 1.807) is 0 Å². The van der Waals surface area contributed by atoms with E-state index >= 15 is 0 Å². The maximum atomic E-state index is 5.68. The molecule has 1 aromatic heterocycles. The number of aromatic nitrogens is 2. The third-order valence-electron chi connectivity index (χ3n) is 2.49. The maximum Gasteiger partial charge on any atom is 0.218 e. The van der Waals surface area contributed by atoms with Crippen LogP contribution in [0, 0.1) is 5.92 Å². The van der Waals surface area contributed by atoms with Crippen molar-refractivity contribution in [1.82, 2.24) is 9.97 Å². The van der Waals surface area contributed by atoms with Crippen LogP contribution < -0.4 is 10.1 Å². The van der Waals surface area contributed by atoms with Crippen molar-refractivity contribution in [1.29, 1.82) is 0 Å². The van der Waals surface area contributed by atoms with Crippen LogP contribution in [0.25, 0.3) is 0 Å². The van der Waals surface area contributed by atoms with Gasteiger partial charge in [-0.15, -0.1) is 0 Å². The normalized spacial score (nSPS) is 10.8. The first-order valence-electron chi connectivity index (χ1n) is 6.98. The van der Waals surface area contributed by atoms with Crippen LogP contribution in [0.3, 0.4) is 0 Å². The first-order chi connectivity index (χ1) is 9.15. The van der Waals surface area contributed by atoms with Crippen LogP contribution in [-0.4, -0.2) is 29.7 Å². The lowest BCUT2D eigenvalue weighted by molar-refractivity contribution is 0.127. The molecule has 0 aliphatic rings. The summed E-state index contributed by atoms with van der Waals surface area (Å²) >= 11 is 0. The van der Waals surface area contributed by atoms with Gasteiger partial charge in [0.05, 0.1) is 6.61 Å². The molecule has 1 heterocycles. The van der Waals surface area contributed by atoms with Gasteiger partial charge in [-0.25, -0.2) is 4.98 Å². The van der Waals surface area contributed by atoms with Gasteiger partial charge in [-0.3, -0.25) is 0 Å². The standard InChI is InChI=1S/C14H25N3O2/c1-5-15-12-9-14(19-8-7-11(3)4)17-13(16-12)10-18-6-2/h9,11H,5-8,10H2,1-4H3,(H,15,16,17). The second-order valence-corrected chi connectivity index (χ2v) is 4.71. The Labute approximate surface area is 115 Å². The number of anilines is 1. The molecule has 1 aromatic rings. The molecule has 5 nitrogen and oxygen atoms in total.